The Hall–Kier alpha value is -2.72. The van der Waals surface area contributed by atoms with Crippen LogP contribution in [0.4, 0.5) is 4.39 Å². The molecule has 1 aromatic heterocycles. The molecule has 0 aliphatic carbocycles. The van der Waals surface area contributed by atoms with Gasteiger partial charge in [0.05, 0.1) is 11.7 Å². The van der Waals surface area contributed by atoms with Gasteiger partial charge >= 0.3 is 0 Å². The summed E-state index contributed by atoms with van der Waals surface area (Å²) in [6.45, 7) is 10.8. The lowest BCUT2D eigenvalue weighted by molar-refractivity contribution is 0.309. The number of hydrogen-bond acceptors (Lipinski definition) is 2. The summed E-state index contributed by atoms with van der Waals surface area (Å²) >= 11 is 0. The summed E-state index contributed by atoms with van der Waals surface area (Å²) in [7, 11) is 0. The first-order valence-electron chi connectivity index (χ1n) is 9.08. The molecule has 4 heteroatoms. The molecule has 0 amide bonds. The zero-order valence-corrected chi connectivity index (χ0v) is 16.1. The molecule has 0 aliphatic heterocycles. The summed E-state index contributed by atoms with van der Waals surface area (Å²) in [6.07, 6.45) is 3.67. The van der Waals surface area contributed by atoms with Crippen molar-refractivity contribution in [1.82, 2.24) is 9.55 Å². The second-order valence-corrected chi connectivity index (χ2v) is 7.88. The molecule has 1 atom stereocenters. The molecule has 3 aromatic rings. The zero-order chi connectivity index (χ0) is 19.6. The predicted molar refractivity (Wildman–Crippen MR) is 110 cm³/mol. The average molecular weight is 363 g/mol. The highest BCUT2D eigenvalue weighted by Crippen LogP contribution is 2.33. The van der Waals surface area contributed by atoms with Crippen molar-refractivity contribution in [2.24, 2.45) is 11.1 Å². The largest absolute Gasteiger partial charge is 0.329 e. The Morgan fingerprint density at radius 1 is 1.19 bits per heavy atom. The van der Waals surface area contributed by atoms with E-state index in [9.17, 15) is 4.39 Å². The fourth-order valence-corrected chi connectivity index (χ4v) is 3.03. The van der Waals surface area contributed by atoms with Gasteiger partial charge in [-0.2, -0.15) is 0 Å². The summed E-state index contributed by atoms with van der Waals surface area (Å²) < 4.78 is 15.9. The highest BCUT2D eigenvalue weighted by Gasteiger charge is 2.27. The van der Waals surface area contributed by atoms with Crippen LogP contribution in [0.5, 0.6) is 0 Å². The minimum Gasteiger partial charge on any atom is -0.329 e. The average Bonchev–Trinajstić information content (AvgIpc) is 3.04. The van der Waals surface area contributed by atoms with E-state index in [-0.39, 0.29) is 17.3 Å². The molecule has 0 saturated carbocycles. The van der Waals surface area contributed by atoms with Gasteiger partial charge in [-0.05, 0) is 28.7 Å². The van der Waals surface area contributed by atoms with Crippen LogP contribution >= 0.6 is 0 Å². The number of hydrogen-bond donors (Lipinski definition) is 1. The van der Waals surface area contributed by atoms with Crippen molar-refractivity contribution in [3.05, 3.63) is 84.1 Å². The van der Waals surface area contributed by atoms with Crippen molar-refractivity contribution in [2.45, 2.75) is 33.4 Å². The van der Waals surface area contributed by atoms with E-state index >= 15 is 0 Å². The highest BCUT2D eigenvalue weighted by molar-refractivity contribution is 5.72. The van der Waals surface area contributed by atoms with Gasteiger partial charge in [-0.15, -0.1) is 0 Å². The van der Waals surface area contributed by atoms with Crippen molar-refractivity contribution < 1.29 is 4.39 Å². The third-order valence-electron chi connectivity index (χ3n) is 4.73. The zero-order valence-electron chi connectivity index (χ0n) is 16.1. The topological polar surface area (TPSA) is 43.8 Å². The fraction of sp³-hybridized carbons (Fsp3) is 0.261. The van der Waals surface area contributed by atoms with Crippen molar-refractivity contribution in [2.75, 3.05) is 0 Å². The molecule has 2 aromatic carbocycles. The quantitative estimate of drug-likeness (QED) is 0.657. The Morgan fingerprint density at radius 3 is 2.52 bits per heavy atom. The van der Waals surface area contributed by atoms with E-state index in [0.717, 1.165) is 22.5 Å². The van der Waals surface area contributed by atoms with Gasteiger partial charge in [0.1, 0.15) is 11.6 Å². The molecule has 140 valence electrons. The smallest absolute Gasteiger partial charge is 0.127 e. The molecule has 3 rings (SSSR count). The van der Waals surface area contributed by atoms with Crippen LogP contribution in [0.1, 0.15) is 43.8 Å². The molecule has 27 heavy (non-hydrogen) atoms. The summed E-state index contributed by atoms with van der Waals surface area (Å²) in [6, 6.07) is 14.6. The number of nitrogens with two attached hydrogens (primary N) is 1. The number of halogens is 1. The van der Waals surface area contributed by atoms with E-state index in [1.54, 1.807) is 12.1 Å². The lowest BCUT2D eigenvalue weighted by Gasteiger charge is -2.27. The number of imidazole rings is 1. The molecule has 3 nitrogen and oxygen atoms in total. The van der Waals surface area contributed by atoms with E-state index in [4.69, 9.17) is 10.7 Å². The minimum absolute atomic E-state index is 0.153. The maximum atomic E-state index is 13.9. The Kier molecular flexibility index (Phi) is 5.29. The van der Waals surface area contributed by atoms with Crippen molar-refractivity contribution in [1.29, 1.82) is 0 Å². The molecular formula is C23H26FN3. The Bertz CT molecular complexity index is 936. The van der Waals surface area contributed by atoms with Crippen LogP contribution in [0, 0.1) is 11.2 Å². The first-order valence-corrected chi connectivity index (χ1v) is 9.08. The fourth-order valence-electron chi connectivity index (χ4n) is 3.03. The molecule has 1 heterocycles. The van der Waals surface area contributed by atoms with Gasteiger partial charge in [0.15, 0.2) is 0 Å². The summed E-state index contributed by atoms with van der Waals surface area (Å²) in [5, 5.41) is 0. The second kappa shape index (κ2) is 7.49. The van der Waals surface area contributed by atoms with Crippen LogP contribution in [-0.4, -0.2) is 9.55 Å². The van der Waals surface area contributed by atoms with Crippen molar-refractivity contribution in [3.63, 3.8) is 0 Å². The van der Waals surface area contributed by atoms with E-state index in [0.29, 0.717) is 12.2 Å². The normalized spacial score (nSPS) is 12.8. The van der Waals surface area contributed by atoms with E-state index in [1.807, 2.05) is 24.4 Å². The Morgan fingerprint density at radius 2 is 1.89 bits per heavy atom. The lowest BCUT2D eigenvalue weighted by atomic mass is 9.87. The molecule has 0 spiro atoms. The Balaban J connectivity index is 2.12. The number of benzene rings is 2. The number of rotatable bonds is 5. The van der Waals surface area contributed by atoms with Crippen LogP contribution in [-0.2, 0) is 6.54 Å². The molecule has 1 unspecified atom stereocenters. The SMILES string of the molecule is C=Cc1ccc(F)cc1-c1cn(Cc2ccccc2)c(C(N)C(C)(C)C)n1. The first kappa shape index (κ1) is 19.1. The van der Waals surface area contributed by atoms with Crippen molar-refractivity contribution in [3.8, 4) is 11.3 Å². The Labute approximate surface area is 160 Å². The van der Waals surface area contributed by atoms with E-state index in [1.165, 1.54) is 12.1 Å². The van der Waals surface area contributed by atoms with Gasteiger partial charge in [-0.25, -0.2) is 9.37 Å². The third kappa shape index (κ3) is 4.17. The summed E-state index contributed by atoms with van der Waals surface area (Å²) in [5.74, 6) is 0.496. The molecule has 2 N–H and O–H groups in total. The molecular weight excluding hydrogens is 337 g/mol. The van der Waals surface area contributed by atoms with Crippen molar-refractivity contribution >= 4 is 6.08 Å². The van der Waals surface area contributed by atoms with Crippen LogP contribution in [0.3, 0.4) is 0 Å². The van der Waals surface area contributed by atoms with E-state index in [2.05, 4.69) is 44.0 Å². The number of nitrogens with zero attached hydrogens (tertiary/aromatic N) is 2. The van der Waals surface area contributed by atoms with Gasteiger partial charge < -0.3 is 10.3 Å². The van der Waals surface area contributed by atoms with Gasteiger partial charge in [0, 0.05) is 18.3 Å². The van der Waals surface area contributed by atoms with E-state index < -0.39 is 0 Å². The van der Waals surface area contributed by atoms with Crippen LogP contribution in [0.25, 0.3) is 17.3 Å². The third-order valence-corrected chi connectivity index (χ3v) is 4.73. The maximum absolute atomic E-state index is 13.9. The van der Waals surface area contributed by atoms with Gasteiger partial charge in [-0.1, -0.05) is 69.8 Å². The highest BCUT2D eigenvalue weighted by atomic mass is 19.1. The maximum Gasteiger partial charge on any atom is 0.127 e. The van der Waals surface area contributed by atoms with Gasteiger partial charge in [0.2, 0.25) is 0 Å². The molecule has 0 aliphatic rings. The van der Waals surface area contributed by atoms with Gasteiger partial charge in [0.25, 0.3) is 0 Å². The standard InChI is InChI=1S/C23H26FN3/c1-5-17-11-12-18(24)13-19(17)20-15-27(14-16-9-7-6-8-10-16)22(26-20)21(25)23(2,3)4/h5-13,15,21H,1,14,25H2,2-4H3. The molecule has 0 fully saturated rings. The lowest BCUT2D eigenvalue weighted by Crippen LogP contribution is -2.29. The first-order chi connectivity index (χ1) is 12.8. The van der Waals surface area contributed by atoms with Gasteiger partial charge in [-0.3, -0.25) is 0 Å². The van der Waals surface area contributed by atoms with Crippen LogP contribution < -0.4 is 5.73 Å². The molecule has 0 radical (unpaired) electrons. The summed E-state index contributed by atoms with van der Waals surface area (Å²) in [4.78, 5) is 4.82. The van der Waals surface area contributed by atoms with Crippen LogP contribution in [0.15, 0.2) is 61.3 Å². The molecule has 0 bridgehead atoms. The summed E-state index contributed by atoms with van der Waals surface area (Å²) in [5.41, 5.74) is 9.82. The molecule has 0 saturated heterocycles. The minimum atomic E-state index is -0.296. The predicted octanol–water partition coefficient (Wildman–Crippen LogP) is 5.43. The monoisotopic (exact) mass is 363 g/mol. The van der Waals surface area contributed by atoms with Crippen LogP contribution in [0.2, 0.25) is 0 Å². The number of aromatic nitrogens is 2. The second-order valence-electron chi connectivity index (χ2n) is 7.88.